The molecule has 1 amide bonds. The third kappa shape index (κ3) is 4.34. The molecule has 0 radical (unpaired) electrons. The molecule has 0 saturated heterocycles. The Morgan fingerprint density at radius 3 is 2.55 bits per heavy atom. The summed E-state index contributed by atoms with van der Waals surface area (Å²) in [6.07, 6.45) is -0.794. The lowest BCUT2D eigenvalue weighted by Gasteiger charge is -2.23. The monoisotopic (exact) mass is 288 g/mol. The largest absolute Gasteiger partial charge is 0.505 e. The maximum atomic E-state index is 13.3. The number of benzene rings is 1. The summed E-state index contributed by atoms with van der Waals surface area (Å²) in [5, 5.41) is 11.9. The van der Waals surface area contributed by atoms with E-state index in [0.29, 0.717) is 6.07 Å². The molecule has 0 heterocycles. The van der Waals surface area contributed by atoms with Gasteiger partial charge in [0.05, 0.1) is 6.04 Å². The number of phenols is 1. The minimum atomic E-state index is -1.12. The van der Waals surface area contributed by atoms with E-state index in [0.717, 1.165) is 6.07 Å². The number of nitrogens with one attached hydrogen (secondary N) is 1. The fraction of sp³-hybridized carbons (Fsp3) is 0.462. The topological polar surface area (TPSA) is 84.6 Å². The van der Waals surface area contributed by atoms with Crippen LogP contribution in [0.15, 0.2) is 12.1 Å². The van der Waals surface area contributed by atoms with E-state index in [1.165, 1.54) is 0 Å². The molecule has 112 valence electrons. The molecule has 7 heteroatoms. The van der Waals surface area contributed by atoms with Gasteiger partial charge in [-0.25, -0.2) is 13.6 Å². The fourth-order valence-corrected chi connectivity index (χ4v) is 1.56. The molecule has 0 spiro atoms. The van der Waals surface area contributed by atoms with Crippen molar-refractivity contribution >= 4 is 6.09 Å². The average molecular weight is 288 g/mol. The normalized spacial score (nSPS) is 12.9. The van der Waals surface area contributed by atoms with Crippen LogP contribution < -0.4 is 11.1 Å². The molecule has 5 nitrogen and oxygen atoms in total. The van der Waals surface area contributed by atoms with Gasteiger partial charge in [0.2, 0.25) is 0 Å². The molecule has 1 atom stereocenters. The van der Waals surface area contributed by atoms with Crippen molar-refractivity contribution in [3.8, 4) is 5.75 Å². The lowest BCUT2D eigenvalue weighted by Crippen LogP contribution is -2.37. The smallest absolute Gasteiger partial charge is 0.408 e. The second-order valence-corrected chi connectivity index (χ2v) is 5.26. The Hall–Kier alpha value is -1.89. The van der Waals surface area contributed by atoms with Gasteiger partial charge in [0.25, 0.3) is 0 Å². The summed E-state index contributed by atoms with van der Waals surface area (Å²) in [4.78, 5) is 11.6. The molecular formula is C13H18F2N2O3. The van der Waals surface area contributed by atoms with Gasteiger partial charge in [-0.2, -0.15) is 0 Å². The molecule has 0 aliphatic heterocycles. The van der Waals surface area contributed by atoms with Crippen molar-refractivity contribution in [3.63, 3.8) is 0 Å². The minimum Gasteiger partial charge on any atom is -0.505 e. The van der Waals surface area contributed by atoms with Crippen LogP contribution in [0.5, 0.6) is 5.75 Å². The quantitative estimate of drug-likeness (QED) is 0.796. The number of alkyl carbamates (subject to hydrolysis) is 1. The van der Waals surface area contributed by atoms with Gasteiger partial charge < -0.3 is 20.9 Å². The number of rotatable bonds is 3. The van der Waals surface area contributed by atoms with Gasteiger partial charge in [-0.15, -0.1) is 0 Å². The summed E-state index contributed by atoms with van der Waals surface area (Å²) in [5.41, 5.74) is 4.59. The fourth-order valence-electron chi connectivity index (χ4n) is 1.56. The van der Waals surface area contributed by atoms with E-state index >= 15 is 0 Å². The van der Waals surface area contributed by atoms with Crippen LogP contribution in [-0.2, 0) is 4.74 Å². The Kier molecular flexibility index (Phi) is 4.88. The predicted molar refractivity (Wildman–Crippen MR) is 69.2 cm³/mol. The Morgan fingerprint density at radius 2 is 2.05 bits per heavy atom. The number of aromatic hydroxyl groups is 1. The summed E-state index contributed by atoms with van der Waals surface area (Å²) in [7, 11) is 0. The molecule has 0 aromatic heterocycles. The zero-order valence-electron chi connectivity index (χ0n) is 11.5. The molecule has 0 aliphatic carbocycles. The summed E-state index contributed by atoms with van der Waals surface area (Å²) in [6.45, 7) is 4.85. The summed E-state index contributed by atoms with van der Waals surface area (Å²) >= 11 is 0. The second-order valence-electron chi connectivity index (χ2n) is 5.26. The zero-order valence-corrected chi connectivity index (χ0v) is 11.5. The van der Waals surface area contributed by atoms with Crippen LogP contribution in [0.4, 0.5) is 13.6 Å². The van der Waals surface area contributed by atoms with Crippen LogP contribution in [0.25, 0.3) is 0 Å². The molecule has 20 heavy (non-hydrogen) atoms. The van der Waals surface area contributed by atoms with Crippen LogP contribution >= 0.6 is 0 Å². The summed E-state index contributed by atoms with van der Waals surface area (Å²) in [5.74, 6) is -2.75. The van der Waals surface area contributed by atoms with Gasteiger partial charge in [-0.1, -0.05) is 0 Å². The Bertz CT molecular complexity index is 501. The van der Waals surface area contributed by atoms with Gasteiger partial charge in [0, 0.05) is 18.2 Å². The van der Waals surface area contributed by atoms with Crippen molar-refractivity contribution in [3.05, 3.63) is 29.3 Å². The van der Waals surface area contributed by atoms with E-state index in [1.54, 1.807) is 20.8 Å². The molecule has 0 bridgehead atoms. The van der Waals surface area contributed by atoms with Crippen LogP contribution in [0.2, 0.25) is 0 Å². The highest BCUT2D eigenvalue weighted by atomic mass is 19.1. The van der Waals surface area contributed by atoms with E-state index in [9.17, 15) is 18.7 Å². The number of nitrogens with two attached hydrogens (primary N) is 1. The van der Waals surface area contributed by atoms with Gasteiger partial charge >= 0.3 is 6.09 Å². The van der Waals surface area contributed by atoms with Crippen molar-refractivity contribution < 1.29 is 23.4 Å². The summed E-state index contributed by atoms with van der Waals surface area (Å²) < 4.78 is 31.5. The second kappa shape index (κ2) is 6.04. The first kappa shape index (κ1) is 16.2. The Morgan fingerprint density at radius 1 is 1.45 bits per heavy atom. The van der Waals surface area contributed by atoms with Crippen molar-refractivity contribution in [2.24, 2.45) is 5.73 Å². The maximum absolute atomic E-state index is 13.3. The number of hydrogen-bond donors (Lipinski definition) is 3. The molecular weight excluding hydrogens is 270 g/mol. The highest BCUT2D eigenvalue weighted by molar-refractivity contribution is 5.68. The van der Waals surface area contributed by atoms with Crippen LogP contribution in [-0.4, -0.2) is 23.3 Å². The standard InChI is InChI=1S/C13H18F2N2O3/c1-13(2,3)20-12(19)17-10(6-16)8-4-7(14)5-9(15)11(8)18/h4-5,10,18H,6,16H2,1-3H3,(H,17,19). The van der Waals surface area contributed by atoms with Crippen molar-refractivity contribution in [2.75, 3.05) is 6.54 Å². The molecule has 1 aromatic rings. The van der Waals surface area contributed by atoms with Crippen LogP contribution in [0.3, 0.4) is 0 Å². The number of hydrogen-bond acceptors (Lipinski definition) is 4. The molecule has 0 fully saturated rings. The lowest BCUT2D eigenvalue weighted by atomic mass is 10.1. The third-order valence-electron chi connectivity index (χ3n) is 2.36. The molecule has 0 saturated carbocycles. The number of halogens is 2. The van der Waals surface area contributed by atoms with Crippen LogP contribution in [0, 0.1) is 11.6 Å². The predicted octanol–water partition coefficient (Wildman–Crippen LogP) is 2.19. The molecule has 1 rings (SSSR count). The molecule has 4 N–H and O–H groups in total. The molecule has 0 aliphatic rings. The highest BCUT2D eigenvalue weighted by Gasteiger charge is 2.23. The first-order valence-electron chi connectivity index (χ1n) is 6.01. The molecule has 1 aromatic carbocycles. The summed E-state index contributed by atoms with van der Waals surface area (Å²) in [6, 6.07) is 0.489. The van der Waals surface area contributed by atoms with Gasteiger partial charge in [-0.3, -0.25) is 0 Å². The number of ether oxygens (including phenoxy) is 1. The number of amides is 1. The van der Waals surface area contributed by atoms with Gasteiger partial charge in [-0.05, 0) is 26.8 Å². The van der Waals surface area contributed by atoms with Gasteiger partial charge in [0.15, 0.2) is 11.6 Å². The Labute approximate surface area is 115 Å². The van der Waals surface area contributed by atoms with E-state index in [2.05, 4.69) is 5.32 Å². The number of carbonyl (C=O) groups is 1. The zero-order chi connectivity index (χ0) is 15.5. The van der Waals surface area contributed by atoms with Crippen molar-refractivity contribution in [1.82, 2.24) is 5.32 Å². The van der Waals surface area contributed by atoms with Gasteiger partial charge in [0.1, 0.15) is 11.4 Å². The SMILES string of the molecule is CC(C)(C)OC(=O)NC(CN)c1cc(F)cc(F)c1O. The average Bonchev–Trinajstić information content (AvgIpc) is 2.28. The van der Waals surface area contributed by atoms with Crippen molar-refractivity contribution in [2.45, 2.75) is 32.4 Å². The molecule has 1 unspecified atom stereocenters. The van der Waals surface area contributed by atoms with Crippen molar-refractivity contribution in [1.29, 1.82) is 0 Å². The third-order valence-corrected chi connectivity index (χ3v) is 2.36. The first-order valence-corrected chi connectivity index (χ1v) is 6.01. The van der Waals surface area contributed by atoms with Crippen LogP contribution in [0.1, 0.15) is 32.4 Å². The van der Waals surface area contributed by atoms with E-state index < -0.39 is 35.1 Å². The van der Waals surface area contributed by atoms with E-state index in [4.69, 9.17) is 10.5 Å². The first-order chi connectivity index (χ1) is 9.14. The number of carbonyl (C=O) groups excluding carboxylic acids is 1. The minimum absolute atomic E-state index is 0.143. The highest BCUT2D eigenvalue weighted by Crippen LogP contribution is 2.28. The maximum Gasteiger partial charge on any atom is 0.408 e. The Balaban J connectivity index is 2.95. The number of phenolic OH excluding ortho intramolecular Hbond substituents is 1. The van der Waals surface area contributed by atoms with E-state index in [1.807, 2.05) is 0 Å². The lowest BCUT2D eigenvalue weighted by molar-refractivity contribution is 0.0504. The van der Waals surface area contributed by atoms with E-state index in [-0.39, 0.29) is 12.1 Å².